The van der Waals surface area contributed by atoms with Crippen LogP contribution in [0.5, 0.6) is 0 Å². The standard InChI is InChI=1S/C9H7Cl2FN4O2/c10-6-3(8(17)18)1-5(12)7(11)4(6)2-15-16-9(13)14/h1-2H,(H,17,18)(H4,13,14,16). The molecule has 18 heavy (non-hydrogen) atoms. The molecule has 0 aliphatic heterocycles. The summed E-state index contributed by atoms with van der Waals surface area (Å²) in [4.78, 5) is 10.8. The molecule has 1 aromatic carbocycles. The Morgan fingerprint density at radius 1 is 1.39 bits per heavy atom. The fourth-order valence-corrected chi connectivity index (χ4v) is 1.57. The van der Waals surface area contributed by atoms with Crippen LogP contribution >= 0.6 is 23.2 Å². The summed E-state index contributed by atoms with van der Waals surface area (Å²) in [6.07, 6.45) is 0.958. The van der Waals surface area contributed by atoms with Crippen molar-refractivity contribution >= 4 is 41.3 Å². The van der Waals surface area contributed by atoms with Crippen molar-refractivity contribution in [3.05, 3.63) is 33.1 Å². The van der Waals surface area contributed by atoms with Gasteiger partial charge in [0, 0.05) is 5.56 Å². The number of hydrogen-bond donors (Lipinski definition) is 3. The van der Waals surface area contributed by atoms with E-state index in [4.69, 9.17) is 39.8 Å². The van der Waals surface area contributed by atoms with Gasteiger partial charge < -0.3 is 16.6 Å². The van der Waals surface area contributed by atoms with Crippen molar-refractivity contribution < 1.29 is 14.3 Å². The van der Waals surface area contributed by atoms with E-state index in [0.717, 1.165) is 6.21 Å². The number of nitrogens with zero attached hydrogens (tertiary/aromatic N) is 2. The van der Waals surface area contributed by atoms with E-state index in [-0.39, 0.29) is 21.6 Å². The molecule has 0 saturated heterocycles. The fourth-order valence-electron chi connectivity index (χ4n) is 1.05. The lowest BCUT2D eigenvalue weighted by Crippen LogP contribution is -2.21. The average molecular weight is 293 g/mol. The van der Waals surface area contributed by atoms with Crippen LogP contribution in [-0.4, -0.2) is 23.2 Å². The van der Waals surface area contributed by atoms with Crippen LogP contribution < -0.4 is 11.5 Å². The summed E-state index contributed by atoms with van der Waals surface area (Å²) in [6, 6.07) is 0.713. The van der Waals surface area contributed by atoms with Gasteiger partial charge in [-0.3, -0.25) is 0 Å². The molecule has 0 aliphatic rings. The number of nitrogens with two attached hydrogens (primary N) is 2. The SMILES string of the molecule is NC(N)=NN=Cc1c(Cl)c(F)cc(C(=O)O)c1Cl. The molecule has 0 saturated carbocycles. The molecule has 0 atom stereocenters. The minimum Gasteiger partial charge on any atom is -0.478 e. The summed E-state index contributed by atoms with van der Waals surface area (Å²) in [7, 11) is 0. The molecule has 9 heteroatoms. The second-order valence-electron chi connectivity index (χ2n) is 3.02. The molecule has 96 valence electrons. The van der Waals surface area contributed by atoms with Crippen molar-refractivity contribution in [1.29, 1.82) is 0 Å². The minimum atomic E-state index is -1.40. The Morgan fingerprint density at radius 3 is 2.50 bits per heavy atom. The zero-order valence-electron chi connectivity index (χ0n) is 8.69. The van der Waals surface area contributed by atoms with Crippen LogP contribution in [0.4, 0.5) is 4.39 Å². The molecular formula is C9H7Cl2FN4O2. The van der Waals surface area contributed by atoms with E-state index in [1.807, 2.05) is 0 Å². The van der Waals surface area contributed by atoms with Crippen LogP contribution in [0.1, 0.15) is 15.9 Å². The second-order valence-corrected chi connectivity index (χ2v) is 3.78. The van der Waals surface area contributed by atoms with Gasteiger partial charge in [-0.2, -0.15) is 5.10 Å². The molecule has 1 aromatic rings. The van der Waals surface area contributed by atoms with E-state index >= 15 is 0 Å². The lowest BCUT2D eigenvalue weighted by Gasteiger charge is -2.05. The highest BCUT2D eigenvalue weighted by Gasteiger charge is 2.18. The van der Waals surface area contributed by atoms with Gasteiger partial charge in [0.05, 0.1) is 21.8 Å². The van der Waals surface area contributed by atoms with E-state index in [9.17, 15) is 9.18 Å². The van der Waals surface area contributed by atoms with Crippen molar-refractivity contribution in [2.75, 3.05) is 0 Å². The van der Waals surface area contributed by atoms with E-state index in [2.05, 4.69) is 10.2 Å². The third-order valence-corrected chi connectivity index (χ3v) is 2.57. The van der Waals surface area contributed by atoms with Gasteiger partial charge >= 0.3 is 5.97 Å². The molecule has 6 nitrogen and oxygen atoms in total. The van der Waals surface area contributed by atoms with Crippen molar-refractivity contribution in [3.63, 3.8) is 0 Å². The number of halogens is 3. The number of rotatable bonds is 3. The molecule has 0 spiro atoms. The predicted molar refractivity (Wildman–Crippen MR) is 66.8 cm³/mol. The Labute approximate surface area is 111 Å². The molecule has 5 N–H and O–H groups in total. The molecule has 0 fully saturated rings. The maximum atomic E-state index is 13.4. The average Bonchev–Trinajstić information content (AvgIpc) is 2.27. The molecule has 1 rings (SSSR count). The number of carboxylic acids is 1. The smallest absolute Gasteiger partial charge is 0.337 e. The molecule has 0 heterocycles. The molecule has 0 amide bonds. The fraction of sp³-hybridized carbons (Fsp3) is 0. The monoisotopic (exact) mass is 292 g/mol. The number of guanidine groups is 1. The van der Waals surface area contributed by atoms with Crippen LogP contribution in [0.15, 0.2) is 16.3 Å². The van der Waals surface area contributed by atoms with Crippen LogP contribution in [0.2, 0.25) is 10.0 Å². The highest BCUT2D eigenvalue weighted by atomic mass is 35.5. The zero-order valence-corrected chi connectivity index (χ0v) is 10.2. The number of aromatic carboxylic acids is 1. The third-order valence-electron chi connectivity index (χ3n) is 1.78. The van der Waals surface area contributed by atoms with Crippen LogP contribution in [-0.2, 0) is 0 Å². The van der Waals surface area contributed by atoms with E-state index in [1.165, 1.54) is 0 Å². The first-order valence-corrected chi connectivity index (χ1v) is 5.13. The highest BCUT2D eigenvalue weighted by Crippen LogP contribution is 2.29. The summed E-state index contributed by atoms with van der Waals surface area (Å²) in [6.45, 7) is 0. The van der Waals surface area contributed by atoms with Gasteiger partial charge in [0.1, 0.15) is 5.82 Å². The first kappa shape index (κ1) is 14.2. The number of hydrogen-bond acceptors (Lipinski definition) is 3. The molecule has 0 unspecified atom stereocenters. The Bertz CT molecular complexity index is 556. The molecule has 0 aromatic heterocycles. The Kier molecular flexibility index (Phi) is 4.46. The van der Waals surface area contributed by atoms with Gasteiger partial charge in [0.2, 0.25) is 5.96 Å². The predicted octanol–water partition coefficient (Wildman–Crippen LogP) is 1.44. The Balaban J connectivity index is 3.38. The Hall–Kier alpha value is -1.86. The quantitative estimate of drug-likeness (QED) is 0.338. The lowest BCUT2D eigenvalue weighted by molar-refractivity contribution is 0.0696. The molecule has 0 aliphatic carbocycles. The van der Waals surface area contributed by atoms with Gasteiger partial charge in [-0.05, 0) is 6.07 Å². The van der Waals surface area contributed by atoms with Crippen LogP contribution in [0.3, 0.4) is 0 Å². The number of benzene rings is 1. The maximum Gasteiger partial charge on any atom is 0.337 e. The van der Waals surface area contributed by atoms with Gasteiger partial charge in [-0.15, -0.1) is 5.10 Å². The highest BCUT2D eigenvalue weighted by molar-refractivity contribution is 6.40. The summed E-state index contributed by atoms with van der Waals surface area (Å²) in [5, 5.41) is 14.8. The second kappa shape index (κ2) is 5.65. The van der Waals surface area contributed by atoms with Crippen LogP contribution in [0, 0.1) is 5.82 Å². The molecular weight excluding hydrogens is 286 g/mol. The van der Waals surface area contributed by atoms with Crippen molar-refractivity contribution in [2.45, 2.75) is 0 Å². The topological polar surface area (TPSA) is 114 Å². The summed E-state index contributed by atoms with van der Waals surface area (Å²) in [5.41, 5.74) is 9.48. The summed E-state index contributed by atoms with van der Waals surface area (Å²) in [5.74, 6) is -2.66. The van der Waals surface area contributed by atoms with Crippen molar-refractivity contribution in [1.82, 2.24) is 0 Å². The van der Waals surface area contributed by atoms with E-state index in [0.29, 0.717) is 6.07 Å². The van der Waals surface area contributed by atoms with E-state index < -0.39 is 17.3 Å². The largest absolute Gasteiger partial charge is 0.478 e. The lowest BCUT2D eigenvalue weighted by atomic mass is 10.1. The normalized spacial score (nSPS) is 10.6. The zero-order chi connectivity index (χ0) is 13.9. The number of carboxylic acid groups (broad SMARTS) is 1. The Morgan fingerprint density at radius 2 is 2.00 bits per heavy atom. The van der Waals surface area contributed by atoms with Gasteiger partial charge in [0.25, 0.3) is 0 Å². The third kappa shape index (κ3) is 3.08. The molecule has 0 radical (unpaired) electrons. The van der Waals surface area contributed by atoms with Crippen LogP contribution in [0.25, 0.3) is 0 Å². The van der Waals surface area contributed by atoms with Crippen molar-refractivity contribution in [2.24, 2.45) is 21.7 Å². The first-order chi connectivity index (χ1) is 8.34. The van der Waals surface area contributed by atoms with Crippen molar-refractivity contribution in [3.8, 4) is 0 Å². The number of carbonyl (C=O) groups is 1. The minimum absolute atomic E-state index is 0.124. The summed E-state index contributed by atoms with van der Waals surface area (Å²) >= 11 is 11.4. The first-order valence-electron chi connectivity index (χ1n) is 4.37. The maximum absolute atomic E-state index is 13.4. The van der Waals surface area contributed by atoms with Gasteiger partial charge in [-0.25, -0.2) is 9.18 Å². The van der Waals surface area contributed by atoms with E-state index in [1.54, 1.807) is 0 Å². The van der Waals surface area contributed by atoms with Gasteiger partial charge in [-0.1, -0.05) is 23.2 Å². The van der Waals surface area contributed by atoms with Gasteiger partial charge in [0.15, 0.2) is 0 Å². The molecule has 0 bridgehead atoms. The summed E-state index contributed by atoms with van der Waals surface area (Å²) < 4.78 is 13.4.